The molecule has 1 saturated heterocycles. The first-order chi connectivity index (χ1) is 14.2. The van der Waals surface area contributed by atoms with Crippen molar-refractivity contribution in [3.05, 3.63) is 53.1 Å². The Labute approximate surface area is 183 Å². The second kappa shape index (κ2) is 9.37. The number of piperidine rings is 1. The van der Waals surface area contributed by atoms with Gasteiger partial charge in [-0.25, -0.2) is 8.42 Å². The molecule has 0 aliphatic carbocycles. The number of ether oxygens (including phenoxy) is 1. The molecule has 2 aromatic carbocycles. The van der Waals surface area contributed by atoms with Crippen molar-refractivity contribution in [2.45, 2.75) is 37.5 Å². The molecule has 1 fully saturated rings. The van der Waals surface area contributed by atoms with Crippen LogP contribution in [-0.4, -0.2) is 38.8 Å². The van der Waals surface area contributed by atoms with Gasteiger partial charge in [-0.1, -0.05) is 37.6 Å². The van der Waals surface area contributed by atoms with Gasteiger partial charge in [-0.05, 0) is 54.7 Å². The van der Waals surface area contributed by atoms with E-state index in [1.54, 1.807) is 30.3 Å². The first kappa shape index (κ1) is 22.6. The van der Waals surface area contributed by atoms with E-state index < -0.39 is 10.0 Å². The zero-order valence-electron chi connectivity index (χ0n) is 17.4. The number of sulfonamides is 1. The van der Waals surface area contributed by atoms with Gasteiger partial charge in [0.2, 0.25) is 15.9 Å². The molecule has 0 unspecified atom stereocenters. The highest BCUT2D eigenvalue weighted by atomic mass is 35.5. The number of amides is 1. The number of hydrogen-bond acceptors (Lipinski definition) is 4. The molecule has 1 N–H and O–H groups in total. The van der Waals surface area contributed by atoms with Crippen LogP contribution in [0.25, 0.3) is 0 Å². The topological polar surface area (TPSA) is 75.7 Å². The van der Waals surface area contributed by atoms with Crippen LogP contribution in [0, 0.1) is 5.92 Å². The fourth-order valence-corrected chi connectivity index (χ4v) is 5.25. The summed E-state index contributed by atoms with van der Waals surface area (Å²) in [6.45, 7) is 4.77. The maximum Gasteiger partial charge on any atom is 0.243 e. The van der Waals surface area contributed by atoms with E-state index in [1.165, 1.54) is 11.4 Å². The number of nitrogens with one attached hydrogen (secondary N) is 1. The molecule has 0 aromatic heterocycles. The summed E-state index contributed by atoms with van der Waals surface area (Å²) < 4.78 is 32.4. The lowest BCUT2D eigenvalue weighted by atomic mass is 9.97. The monoisotopic (exact) mass is 450 g/mol. The van der Waals surface area contributed by atoms with Crippen LogP contribution in [0.3, 0.4) is 0 Å². The number of nitrogens with zero attached hydrogens (tertiary/aromatic N) is 1. The third-order valence-electron chi connectivity index (χ3n) is 5.43. The van der Waals surface area contributed by atoms with Crippen molar-refractivity contribution >= 4 is 33.2 Å². The lowest BCUT2D eigenvalue weighted by molar-refractivity contribution is -0.120. The van der Waals surface area contributed by atoms with E-state index in [1.807, 2.05) is 12.1 Å². The maximum absolute atomic E-state index is 12.9. The Bertz CT molecular complexity index is 998. The predicted molar refractivity (Wildman–Crippen MR) is 119 cm³/mol. The van der Waals surface area contributed by atoms with E-state index in [0.717, 1.165) is 5.56 Å². The summed E-state index contributed by atoms with van der Waals surface area (Å²) in [5.74, 6) is 0.501. The van der Waals surface area contributed by atoms with E-state index in [0.29, 0.717) is 53.2 Å². The quantitative estimate of drug-likeness (QED) is 0.702. The first-order valence-corrected chi connectivity index (χ1v) is 11.8. The third-order valence-corrected chi connectivity index (χ3v) is 7.64. The van der Waals surface area contributed by atoms with Crippen LogP contribution in [0.2, 0.25) is 5.02 Å². The van der Waals surface area contributed by atoms with Gasteiger partial charge in [0, 0.05) is 24.7 Å². The van der Waals surface area contributed by atoms with Crippen LogP contribution in [0.5, 0.6) is 5.75 Å². The Kier molecular flexibility index (Phi) is 7.06. The molecule has 0 spiro atoms. The molecule has 30 heavy (non-hydrogen) atoms. The molecule has 1 aliphatic heterocycles. The molecule has 6 nitrogen and oxygen atoms in total. The summed E-state index contributed by atoms with van der Waals surface area (Å²) in [5, 5.41) is 3.28. The number of anilines is 1. The molecule has 1 aliphatic rings. The van der Waals surface area contributed by atoms with Gasteiger partial charge in [0.15, 0.2) is 0 Å². The van der Waals surface area contributed by atoms with Gasteiger partial charge >= 0.3 is 0 Å². The lowest BCUT2D eigenvalue weighted by Gasteiger charge is -2.30. The minimum atomic E-state index is -3.56. The van der Waals surface area contributed by atoms with E-state index in [-0.39, 0.29) is 11.8 Å². The Morgan fingerprint density at radius 1 is 1.13 bits per heavy atom. The lowest BCUT2D eigenvalue weighted by Crippen LogP contribution is -2.41. The van der Waals surface area contributed by atoms with Gasteiger partial charge in [0.1, 0.15) is 5.75 Å². The number of halogens is 1. The van der Waals surface area contributed by atoms with Crippen LogP contribution >= 0.6 is 11.6 Å². The molecule has 0 bridgehead atoms. The Balaban J connectivity index is 1.60. The molecule has 0 saturated carbocycles. The van der Waals surface area contributed by atoms with Crippen molar-refractivity contribution in [3.8, 4) is 5.75 Å². The van der Waals surface area contributed by atoms with Crippen molar-refractivity contribution in [3.63, 3.8) is 0 Å². The molecular formula is C22H27ClN2O4S. The van der Waals surface area contributed by atoms with Crippen LogP contribution in [-0.2, 0) is 14.8 Å². The highest BCUT2D eigenvalue weighted by Gasteiger charge is 2.32. The predicted octanol–water partition coefficient (Wildman–Crippen LogP) is 4.51. The highest BCUT2D eigenvalue weighted by molar-refractivity contribution is 7.89. The molecule has 2 aromatic rings. The van der Waals surface area contributed by atoms with Crippen molar-refractivity contribution in [2.24, 2.45) is 5.92 Å². The molecule has 1 amide bonds. The molecule has 162 valence electrons. The van der Waals surface area contributed by atoms with E-state index in [4.69, 9.17) is 16.3 Å². The smallest absolute Gasteiger partial charge is 0.243 e. The average Bonchev–Trinajstić information content (AvgIpc) is 2.74. The minimum absolute atomic E-state index is 0.130. The maximum atomic E-state index is 12.9. The van der Waals surface area contributed by atoms with Crippen molar-refractivity contribution in [1.82, 2.24) is 4.31 Å². The summed E-state index contributed by atoms with van der Waals surface area (Å²) in [6, 6.07) is 12.1. The third kappa shape index (κ3) is 4.96. The Morgan fingerprint density at radius 3 is 2.30 bits per heavy atom. The van der Waals surface area contributed by atoms with Crippen molar-refractivity contribution in [1.29, 1.82) is 0 Å². The first-order valence-electron chi connectivity index (χ1n) is 9.97. The van der Waals surface area contributed by atoms with Gasteiger partial charge in [-0.15, -0.1) is 0 Å². The Morgan fingerprint density at radius 2 is 1.77 bits per heavy atom. The summed E-state index contributed by atoms with van der Waals surface area (Å²) in [4.78, 5) is 12.9. The SMILES string of the molecule is COc1ccc(NC(=O)C2CCN(S(=O)(=O)c3ccc(C(C)C)cc3)CC2)cc1Cl. The second-order valence-electron chi connectivity index (χ2n) is 7.74. The Hall–Kier alpha value is -2.09. The van der Waals surface area contributed by atoms with Gasteiger partial charge in [-0.2, -0.15) is 4.31 Å². The minimum Gasteiger partial charge on any atom is -0.495 e. The van der Waals surface area contributed by atoms with Crippen LogP contribution < -0.4 is 10.1 Å². The molecule has 3 rings (SSSR count). The number of carbonyl (C=O) groups is 1. The molecular weight excluding hydrogens is 424 g/mol. The fourth-order valence-electron chi connectivity index (χ4n) is 3.52. The number of hydrogen-bond donors (Lipinski definition) is 1. The zero-order chi connectivity index (χ0) is 21.9. The second-order valence-corrected chi connectivity index (χ2v) is 10.1. The molecule has 1 heterocycles. The van der Waals surface area contributed by atoms with E-state index >= 15 is 0 Å². The van der Waals surface area contributed by atoms with Crippen LogP contribution in [0.4, 0.5) is 5.69 Å². The van der Waals surface area contributed by atoms with Crippen molar-refractivity contribution in [2.75, 3.05) is 25.5 Å². The normalized spacial score (nSPS) is 15.9. The molecule has 0 radical (unpaired) electrons. The van der Waals surface area contributed by atoms with E-state index in [9.17, 15) is 13.2 Å². The van der Waals surface area contributed by atoms with Crippen LogP contribution in [0.1, 0.15) is 38.2 Å². The number of rotatable bonds is 6. The largest absolute Gasteiger partial charge is 0.495 e. The van der Waals surface area contributed by atoms with Gasteiger partial charge < -0.3 is 10.1 Å². The zero-order valence-corrected chi connectivity index (χ0v) is 19.0. The average molecular weight is 451 g/mol. The van der Waals surface area contributed by atoms with E-state index in [2.05, 4.69) is 19.2 Å². The number of methoxy groups -OCH3 is 1. The van der Waals surface area contributed by atoms with Crippen LogP contribution in [0.15, 0.2) is 47.4 Å². The number of benzene rings is 2. The summed E-state index contributed by atoms with van der Waals surface area (Å²) >= 11 is 6.10. The number of carbonyl (C=O) groups excluding carboxylic acids is 1. The summed E-state index contributed by atoms with van der Waals surface area (Å²) in [7, 11) is -2.03. The molecule has 0 atom stereocenters. The van der Waals surface area contributed by atoms with Gasteiger partial charge in [0.05, 0.1) is 17.0 Å². The summed E-state index contributed by atoms with van der Waals surface area (Å²) in [6.07, 6.45) is 0.943. The molecule has 8 heteroatoms. The summed E-state index contributed by atoms with van der Waals surface area (Å²) in [5.41, 5.74) is 1.69. The van der Waals surface area contributed by atoms with Gasteiger partial charge in [-0.3, -0.25) is 4.79 Å². The van der Waals surface area contributed by atoms with Gasteiger partial charge in [0.25, 0.3) is 0 Å². The highest BCUT2D eigenvalue weighted by Crippen LogP contribution is 2.29. The van der Waals surface area contributed by atoms with Crippen molar-refractivity contribution < 1.29 is 17.9 Å². The fraction of sp³-hybridized carbons (Fsp3) is 0.409. The standard InChI is InChI=1S/C22H27ClN2O4S/c1-15(2)16-4-7-19(8-5-16)30(27,28)25-12-10-17(11-13-25)22(26)24-18-6-9-21(29-3)20(23)14-18/h4-9,14-15,17H,10-13H2,1-3H3,(H,24,26).